The van der Waals surface area contributed by atoms with Crippen LogP contribution in [0.2, 0.25) is 0 Å². The third-order valence-corrected chi connectivity index (χ3v) is 3.59. The van der Waals surface area contributed by atoms with E-state index < -0.39 is 0 Å². The van der Waals surface area contributed by atoms with Gasteiger partial charge < -0.3 is 4.74 Å². The minimum atomic E-state index is 0.621. The second-order valence-electron chi connectivity index (χ2n) is 5.13. The van der Waals surface area contributed by atoms with Crippen LogP contribution in [0, 0.1) is 13.8 Å². The van der Waals surface area contributed by atoms with Crippen LogP contribution in [0.15, 0.2) is 42.7 Å². The fraction of sp³-hybridized carbons (Fsp3) is 0.222. The maximum absolute atomic E-state index is 5.77. The van der Waals surface area contributed by atoms with Gasteiger partial charge >= 0.3 is 0 Å². The Balaban J connectivity index is 2.24. The average Bonchev–Trinajstić information content (AvgIpc) is 2.49. The molecule has 0 amide bonds. The maximum Gasteiger partial charge on any atom is 0.146 e. The Hall–Kier alpha value is -2.42. The van der Waals surface area contributed by atoms with E-state index in [0.717, 1.165) is 27.9 Å². The molecule has 0 bridgehead atoms. The van der Waals surface area contributed by atoms with Crippen molar-refractivity contribution in [2.24, 2.45) is 0 Å². The molecule has 0 aliphatic heterocycles. The molecule has 0 N–H and O–H groups in total. The molecule has 106 valence electrons. The lowest BCUT2D eigenvalue weighted by atomic mass is 10.0. The van der Waals surface area contributed by atoms with Crippen molar-refractivity contribution in [2.45, 2.75) is 20.8 Å². The van der Waals surface area contributed by atoms with E-state index in [4.69, 9.17) is 4.74 Å². The number of rotatable bonds is 3. The molecule has 21 heavy (non-hydrogen) atoms. The summed E-state index contributed by atoms with van der Waals surface area (Å²) in [6, 6.07) is 12.7. The van der Waals surface area contributed by atoms with Crippen LogP contribution in [0.5, 0.6) is 5.75 Å². The lowest BCUT2D eigenvalue weighted by molar-refractivity contribution is 0.343. The molecule has 0 atom stereocenters. The largest absolute Gasteiger partial charge is 0.492 e. The zero-order valence-corrected chi connectivity index (χ0v) is 12.6. The summed E-state index contributed by atoms with van der Waals surface area (Å²) < 4.78 is 5.77. The fourth-order valence-corrected chi connectivity index (χ4v) is 2.44. The maximum atomic E-state index is 5.77. The van der Waals surface area contributed by atoms with Gasteiger partial charge in [-0.15, -0.1) is 0 Å². The van der Waals surface area contributed by atoms with E-state index in [9.17, 15) is 0 Å². The van der Waals surface area contributed by atoms with E-state index in [1.54, 1.807) is 6.33 Å². The van der Waals surface area contributed by atoms with E-state index in [1.807, 2.05) is 13.8 Å². The predicted molar refractivity (Wildman–Crippen MR) is 85.6 cm³/mol. The molecule has 2 aromatic carbocycles. The zero-order chi connectivity index (χ0) is 14.8. The van der Waals surface area contributed by atoms with Crippen LogP contribution in [-0.2, 0) is 0 Å². The first-order chi connectivity index (χ1) is 10.2. The number of aromatic nitrogens is 2. The summed E-state index contributed by atoms with van der Waals surface area (Å²) in [6.45, 7) is 6.69. The second kappa shape index (κ2) is 5.52. The molecule has 0 saturated carbocycles. The summed E-state index contributed by atoms with van der Waals surface area (Å²) in [6.07, 6.45) is 1.59. The van der Waals surface area contributed by atoms with Crippen LogP contribution in [0.1, 0.15) is 18.2 Å². The quantitative estimate of drug-likeness (QED) is 0.716. The molecule has 0 unspecified atom stereocenters. The molecule has 0 fully saturated rings. The van der Waals surface area contributed by atoms with Crippen LogP contribution >= 0.6 is 0 Å². The predicted octanol–water partition coefficient (Wildman–Crippen LogP) is 4.31. The van der Waals surface area contributed by atoms with Gasteiger partial charge in [-0.25, -0.2) is 9.97 Å². The van der Waals surface area contributed by atoms with Gasteiger partial charge in [0.05, 0.1) is 6.61 Å². The SMILES string of the molecule is CCOc1cc(-c2ccc(C)cc2)cc2c(C)ncnc12. The van der Waals surface area contributed by atoms with Gasteiger partial charge in [0, 0.05) is 11.1 Å². The average molecular weight is 278 g/mol. The van der Waals surface area contributed by atoms with Gasteiger partial charge in [-0.05, 0) is 44.0 Å². The minimum absolute atomic E-state index is 0.621. The van der Waals surface area contributed by atoms with E-state index in [0.29, 0.717) is 6.61 Å². The Labute approximate surface area is 124 Å². The summed E-state index contributed by atoms with van der Waals surface area (Å²) in [5.74, 6) is 0.816. The van der Waals surface area contributed by atoms with E-state index in [2.05, 4.69) is 53.3 Å². The molecule has 1 heterocycles. The third kappa shape index (κ3) is 2.59. The third-order valence-electron chi connectivity index (χ3n) is 3.59. The van der Waals surface area contributed by atoms with Crippen molar-refractivity contribution in [3.63, 3.8) is 0 Å². The first-order valence-corrected chi connectivity index (χ1v) is 7.14. The Morgan fingerprint density at radius 1 is 0.952 bits per heavy atom. The number of hydrogen-bond acceptors (Lipinski definition) is 3. The normalized spacial score (nSPS) is 10.8. The highest BCUT2D eigenvalue weighted by Gasteiger charge is 2.10. The summed E-state index contributed by atoms with van der Waals surface area (Å²) in [7, 11) is 0. The van der Waals surface area contributed by atoms with Crippen molar-refractivity contribution < 1.29 is 4.74 Å². The smallest absolute Gasteiger partial charge is 0.146 e. The summed E-state index contributed by atoms with van der Waals surface area (Å²) in [5.41, 5.74) is 5.40. The molecular weight excluding hydrogens is 260 g/mol. The molecule has 0 aliphatic carbocycles. The molecule has 3 rings (SSSR count). The van der Waals surface area contributed by atoms with Crippen molar-refractivity contribution in [2.75, 3.05) is 6.61 Å². The minimum Gasteiger partial charge on any atom is -0.492 e. The van der Waals surface area contributed by atoms with E-state index >= 15 is 0 Å². The summed E-state index contributed by atoms with van der Waals surface area (Å²) >= 11 is 0. The van der Waals surface area contributed by atoms with Crippen molar-refractivity contribution in [1.29, 1.82) is 0 Å². The summed E-state index contributed by atoms with van der Waals surface area (Å²) in [4.78, 5) is 8.66. The first kappa shape index (κ1) is 13.6. The van der Waals surface area contributed by atoms with Crippen LogP contribution in [0.4, 0.5) is 0 Å². The first-order valence-electron chi connectivity index (χ1n) is 7.14. The monoisotopic (exact) mass is 278 g/mol. The molecule has 3 nitrogen and oxygen atoms in total. The molecule has 0 spiro atoms. The van der Waals surface area contributed by atoms with Crippen molar-refractivity contribution in [3.8, 4) is 16.9 Å². The molecule has 0 radical (unpaired) electrons. The highest BCUT2D eigenvalue weighted by molar-refractivity contribution is 5.91. The van der Waals surface area contributed by atoms with Gasteiger partial charge in [0.1, 0.15) is 17.6 Å². The lowest BCUT2D eigenvalue weighted by Crippen LogP contribution is -1.96. The van der Waals surface area contributed by atoms with Crippen LogP contribution in [-0.4, -0.2) is 16.6 Å². The number of hydrogen-bond donors (Lipinski definition) is 0. The topological polar surface area (TPSA) is 35.0 Å². The molecule has 1 aromatic heterocycles. The number of fused-ring (bicyclic) bond motifs is 1. The fourth-order valence-electron chi connectivity index (χ4n) is 2.44. The highest BCUT2D eigenvalue weighted by Crippen LogP contribution is 2.32. The number of nitrogens with zero attached hydrogens (tertiary/aromatic N) is 2. The van der Waals surface area contributed by atoms with E-state index in [-0.39, 0.29) is 0 Å². The molecular formula is C18H18N2O. The standard InChI is InChI=1S/C18H18N2O/c1-4-21-17-10-15(14-7-5-12(2)6-8-14)9-16-13(3)19-11-20-18(16)17/h5-11H,4H2,1-3H3. The molecule has 3 heteroatoms. The summed E-state index contributed by atoms with van der Waals surface area (Å²) in [5, 5.41) is 1.04. The van der Waals surface area contributed by atoms with Gasteiger partial charge in [0.25, 0.3) is 0 Å². The second-order valence-corrected chi connectivity index (χ2v) is 5.13. The van der Waals surface area contributed by atoms with Gasteiger partial charge in [-0.2, -0.15) is 0 Å². The van der Waals surface area contributed by atoms with Gasteiger partial charge in [0.15, 0.2) is 0 Å². The van der Waals surface area contributed by atoms with Crippen molar-refractivity contribution in [1.82, 2.24) is 9.97 Å². The van der Waals surface area contributed by atoms with Crippen molar-refractivity contribution >= 4 is 10.9 Å². The molecule has 0 saturated heterocycles. The Bertz CT molecular complexity index is 779. The zero-order valence-electron chi connectivity index (χ0n) is 12.6. The van der Waals surface area contributed by atoms with E-state index in [1.165, 1.54) is 11.1 Å². The highest BCUT2D eigenvalue weighted by atomic mass is 16.5. The number of aryl methyl sites for hydroxylation is 2. The van der Waals surface area contributed by atoms with Crippen LogP contribution < -0.4 is 4.74 Å². The molecule has 0 aliphatic rings. The van der Waals surface area contributed by atoms with Gasteiger partial charge in [0.2, 0.25) is 0 Å². The Morgan fingerprint density at radius 3 is 2.43 bits per heavy atom. The van der Waals surface area contributed by atoms with Gasteiger partial charge in [-0.1, -0.05) is 29.8 Å². The van der Waals surface area contributed by atoms with Crippen LogP contribution in [0.25, 0.3) is 22.0 Å². The van der Waals surface area contributed by atoms with Crippen LogP contribution in [0.3, 0.4) is 0 Å². The molecule has 3 aromatic rings. The van der Waals surface area contributed by atoms with Crippen molar-refractivity contribution in [3.05, 3.63) is 54.0 Å². The Morgan fingerprint density at radius 2 is 1.71 bits per heavy atom. The lowest BCUT2D eigenvalue weighted by Gasteiger charge is -2.11. The number of ether oxygens (including phenoxy) is 1. The Kier molecular flexibility index (Phi) is 3.57. The number of benzene rings is 2. The van der Waals surface area contributed by atoms with Gasteiger partial charge in [-0.3, -0.25) is 0 Å².